The van der Waals surface area contributed by atoms with Crippen LogP contribution in [0.1, 0.15) is 70.4 Å². The van der Waals surface area contributed by atoms with Gasteiger partial charge in [-0.2, -0.15) is 4.58 Å². The number of carbonyl (C=O) groups excluding carboxylic acids is 1. The van der Waals surface area contributed by atoms with Gasteiger partial charge in [0.25, 0.3) is 0 Å². The Kier molecular flexibility index (Phi) is 13.1. The van der Waals surface area contributed by atoms with Crippen LogP contribution < -0.4 is 10.0 Å². The molecule has 55 heavy (non-hydrogen) atoms. The quantitative estimate of drug-likeness (QED) is 0.0896. The van der Waals surface area contributed by atoms with Gasteiger partial charge in [-0.05, 0) is 88.4 Å². The molecule has 0 amide bonds. The molecule has 1 unspecified atom stereocenters. The van der Waals surface area contributed by atoms with E-state index in [0.29, 0.717) is 40.3 Å². The number of carboxylic acids is 1. The molecule has 2 aliphatic heterocycles. The number of benzene rings is 2. The van der Waals surface area contributed by atoms with Crippen molar-refractivity contribution in [3.63, 3.8) is 0 Å². The van der Waals surface area contributed by atoms with Gasteiger partial charge in [-0.3, -0.25) is 0 Å². The van der Waals surface area contributed by atoms with E-state index in [0.717, 1.165) is 12.1 Å². The molecule has 0 aliphatic carbocycles. The Bertz CT molecular complexity index is 2420. The second-order valence-corrected chi connectivity index (χ2v) is 19.8. The average Bonchev–Trinajstić information content (AvgIpc) is 3.40. The summed E-state index contributed by atoms with van der Waals surface area (Å²) in [4.78, 5) is 11.9. The van der Waals surface area contributed by atoms with Gasteiger partial charge in [0.15, 0.2) is 5.71 Å². The van der Waals surface area contributed by atoms with Gasteiger partial charge < -0.3 is 33.0 Å². The predicted molar refractivity (Wildman–Crippen MR) is 195 cm³/mol. The molecular formula is C35H40N2O14S4-4. The van der Waals surface area contributed by atoms with Gasteiger partial charge in [0, 0.05) is 64.9 Å². The van der Waals surface area contributed by atoms with Gasteiger partial charge in [-0.1, -0.05) is 24.6 Å². The second-order valence-electron chi connectivity index (χ2n) is 14.0. The number of anilines is 1. The zero-order chi connectivity index (χ0) is 41.2. The number of aliphatic carboxylic acids is 1. The standard InChI is InChI=1S/C35H44N2O14S4/c1-34(2)27-23-25(54(46,47)48)14-16-29(27)36(19-9-21-52(40,41)42)31(34)11-5-4-6-12-32-35(3,18-8-7-13-33(38)39)28-24-26(55(49,50)51)15-17-30(28)37(32)20-10-22-53(43,44)45/h4-6,11-12,14-17,23-24H,7-10,13,18-22H2,1-3H3,(H4-,38,39,40,41,42,43,44,45,46,47,48,49,50,51)/p-4. The van der Waals surface area contributed by atoms with Crippen LogP contribution in [0.4, 0.5) is 11.4 Å². The molecule has 0 radical (unpaired) electrons. The zero-order valence-electron chi connectivity index (χ0n) is 30.2. The lowest BCUT2D eigenvalue weighted by atomic mass is 9.77. The largest absolute Gasteiger partial charge is 0.748 e. The molecular weight excluding hydrogens is 801 g/mol. The van der Waals surface area contributed by atoms with E-state index in [1.54, 1.807) is 60.6 Å². The van der Waals surface area contributed by atoms with Crippen LogP contribution >= 0.6 is 0 Å². The summed E-state index contributed by atoms with van der Waals surface area (Å²) < 4.78 is 142. The van der Waals surface area contributed by atoms with Gasteiger partial charge in [0.1, 0.15) is 26.8 Å². The summed E-state index contributed by atoms with van der Waals surface area (Å²) in [5.41, 5.74) is 1.09. The number of fused-ring (bicyclic) bond motifs is 2. The summed E-state index contributed by atoms with van der Waals surface area (Å²) in [6, 6.07) is 7.64. The van der Waals surface area contributed by atoms with Crippen molar-refractivity contribution >= 4 is 63.5 Å². The summed E-state index contributed by atoms with van der Waals surface area (Å²) in [6.07, 6.45) is 8.73. The first kappa shape index (κ1) is 44.0. The van der Waals surface area contributed by atoms with Crippen molar-refractivity contribution in [2.45, 2.75) is 79.9 Å². The number of hydrogen-bond acceptors (Lipinski definition) is 15. The highest BCUT2D eigenvalue weighted by molar-refractivity contribution is 7.86. The van der Waals surface area contributed by atoms with Gasteiger partial charge in [-0.15, -0.1) is 0 Å². The molecule has 0 saturated carbocycles. The van der Waals surface area contributed by atoms with Crippen LogP contribution in [-0.4, -0.2) is 92.7 Å². The van der Waals surface area contributed by atoms with E-state index in [-0.39, 0.29) is 45.2 Å². The lowest BCUT2D eigenvalue weighted by Crippen LogP contribution is -2.30. The molecule has 2 aromatic carbocycles. The van der Waals surface area contributed by atoms with Crippen LogP contribution in [0.2, 0.25) is 0 Å². The first-order chi connectivity index (χ1) is 25.3. The molecule has 302 valence electrons. The lowest BCUT2D eigenvalue weighted by Gasteiger charge is -2.31. The SMILES string of the molecule is CC1(C)C(/C=C/C=C/C=C2\N(CCCS(=O)(=O)[O-])c3ccc(S(=O)(=O)[O-])cc3C2(C)CCCCC(=O)[O-])=[N+](CCCS(=O)(=O)[O-])c2ccc(S(=O)(=O)[O-])cc21. The number of unbranched alkanes of at least 4 members (excludes halogenated alkanes) is 1. The van der Waals surface area contributed by atoms with E-state index in [1.807, 2.05) is 0 Å². The monoisotopic (exact) mass is 840 g/mol. The number of nitrogens with zero attached hydrogens (tertiary/aromatic N) is 2. The fourth-order valence-corrected chi connectivity index (χ4v) is 9.11. The number of carboxylic acid groups (broad SMARTS) is 1. The van der Waals surface area contributed by atoms with Crippen LogP contribution in [-0.2, 0) is 56.1 Å². The van der Waals surface area contributed by atoms with Gasteiger partial charge in [0.05, 0.1) is 35.4 Å². The molecule has 16 nitrogen and oxygen atoms in total. The highest BCUT2D eigenvalue weighted by Gasteiger charge is 2.45. The Labute approximate surface area is 321 Å². The number of rotatable bonds is 18. The fourth-order valence-electron chi connectivity index (χ4n) is 7.15. The Balaban J connectivity index is 1.78. The molecule has 0 spiro atoms. The first-order valence-corrected chi connectivity index (χ1v) is 23.0. The minimum absolute atomic E-state index is 0.0154. The van der Waals surface area contributed by atoms with Crippen LogP contribution in [0.15, 0.2) is 82.3 Å². The Morgan fingerprint density at radius 2 is 1.33 bits per heavy atom. The fraction of sp³-hybridized carbons (Fsp3) is 0.429. The van der Waals surface area contributed by atoms with Gasteiger partial charge in [-0.25, -0.2) is 33.7 Å². The maximum atomic E-state index is 12.0. The van der Waals surface area contributed by atoms with Crippen molar-refractivity contribution in [1.29, 1.82) is 0 Å². The maximum absolute atomic E-state index is 12.0. The topological polar surface area (TPSA) is 275 Å². The molecule has 2 aromatic rings. The summed E-state index contributed by atoms with van der Waals surface area (Å²) in [6.45, 7) is 5.41. The van der Waals surface area contributed by atoms with Crippen molar-refractivity contribution in [2.75, 3.05) is 29.5 Å². The minimum atomic E-state index is -4.89. The predicted octanol–water partition coefficient (Wildman–Crippen LogP) is 1.83. The summed E-state index contributed by atoms with van der Waals surface area (Å²) in [7, 11) is -18.8. The van der Waals surface area contributed by atoms with E-state index in [9.17, 15) is 61.8 Å². The van der Waals surface area contributed by atoms with Crippen molar-refractivity contribution in [3.05, 3.63) is 83.6 Å². The van der Waals surface area contributed by atoms with E-state index in [2.05, 4.69) is 0 Å². The highest BCUT2D eigenvalue weighted by Crippen LogP contribution is 2.51. The molecule has 0 fully saturated rings. The molecule has 2 aliphatic rings. The third-order valence-corrected chi connectivity index (χ3v) is 13.0. The Hall–Kier alpha value is -3.76. The van der Waals surface area contributed by atoms with E-state index in [1.165, 1.54) is 24.3 Å². The summed E-state index contributed by atoms with van der Waals surface area (Å²) >= 11 is 0. The molecule has 0 saturated heterocycles. The normalized spacial score (nSPS) is 19.5. The lowest BCUT2D eigenvalue weighted by molar-refractivity contribution is -0.437. The van der Waals surface area contributed by atoms with Crippen LogP contribution in [0, 0.1) is 0 Å². The molecule has 2 heterocycles. The van der Waals surface area contributed by atoms with E-state index in [4.69, 9.17) is 0 Å². The number of carbonyl (C=O) groups is 1. The maximum Gasteiger partial charge on any atom is 0.209 e. The van der Waals surface area contributed by atoms with Crippen molar-refractivity contribution < 1.29 is 66.4 Å². The van der Waals surface area contributed by atoms with Crippen LogP contribution in [0.3, 0.4) is 0 Å². The molecule has 0 bridgehead atoms. The minimum Gasteiger partial charge on any atom is -0.748 e. The molecule has 20 heteroatoms. The highest BCUT2D eigenvalue weighted by atomic mass is 32.2. The molecule has 0 N–H and O–H groups in total. The second kappa shape index (κ2) is 16.4. The summed E-state index contributed by atoms with van der Waals surface area (Å²) in [5, 5.41) is 11.1. The third kappa shape index (κ3) is 10.8. The molecule has 4 rings (SSSR count). The smallest absolute Gasteiger partial charge is 0.209 e. The summed E-state index contributed by atoms with van der Waals surface area (Å²) in [5.74, 6) is -2.58. The number of allylic oxidation sites excluding steroid dienone is 6. The van der Waals surface area contributed by atoms with Crippen LogP contribution in [0.5, 0.6) is 0 Å². The van der Waals surface area contributed by atoms with E-state index < -0.39 is 78.6 Å². The van der Waals surface area contributed by atoms with Gasteiger partial charge in [0.2, 0.25) is 5.69 Å². The van der Waals surface area contributed by atoms with Crippen LogP contribution in [0.25, 0.3) is 0 Å². The van der Waals surface area contributed by atoms with Crippen molar-refractivity contribution in [2.24, 2.45) is 0 Å². The Morgan fingerprint density at radius 3 is 1.91 bits per heavy atom. The first-order valence-electron chi connectivity index (χ1n) is 17.0. The van der Waals surface area contributed by atoms with Crippen molar-refractivity contribution in [3.8, 4) is 0 Å². The van der Waals surface area contributed by atoms with Crippen molar-refractivity contribution in [1.82, 2.24) is 0 Å². The van der Waals surface area contributed by atoms with E-state index >= 15 is 0 Å². The zero-order valence-corrected chi connectivity index (χ0v) is 33.4. The van der Waals surface area contributed by atoms with Gasteiger partial charge >= 0.3 is 0 Å². The average molecular weight is 841 g/mol. The number of hydrogen-bond donors (Lipinski definition) is 0. The Morgan fingerprint density at radius 1 is 0.745 bits per heavy atom. The molecule has 0 aromatic heterocycles. The molecule has 1 atom stereocenters. The third-order valence-electron chi connectivity index (χ3n) is 9.74.